The Kier molecular flexibility index (Phi) is 4.62. The molecule has 1 unspecified atom stereocenters. The largest absolute Gasteiger partial charge is 0.396 e. The van der Waals surface area contributed by atoms with Crippen LogP contribution in [0.1, 0.15) is 39.0 Å². The van der Waals surface area contributed by atoms with Gasteiger partial charge in [0, 0.05) is 12.6 Å². The Morgan fingerprint density at radius 1 is 1.42 bits per heavy atom. The number of aliphatic hydroxyl groups excluding tert-OH is 1. The first-order valence-corrected chi connectivity index (χ1v) is 5.22. The molecule has 0 bridgehead atoms. The van der Waals surface area contributed by atoms with E-state index >= 15 is 0 Å². The van der Waals surface area contributed by atoms with E-state index in [9.17, 15) is 0 Å². The second-order valence-corrected chi connectivity index (χ2v) is 3.72. The molecule has 12 heavy (non-hydrogen) atoms. The minimum absolute atomic E-state index is 0.328. The van der Waals surface area contributed by atoms with Gasteiger partial charge in [-0.3, -0.25) is 0 Å². The summed E-state index contributed by atoms with van der Waals surface area (Å²) in [5, 5.41) is 12.3. The lowest BCUT2D eigenvalue weighted by molar-refractivity contribution is 0.237. The molecule has 1 rings (SSSR count). The summed E-state index contributed by atoms with van der Waals surface area (Å²) in [6.45, 7) is 3.49. The molecule has 2 heteroatoms. The summed E-state index contributed by atoms with van der Waals surface area (Å²) in [5.74, 6) is 0.831. The van der Waals surface area contributed by atoms with Crippen LogP contribution in [0.2, 0.25) is 0 Å². The van der Waals surface area contributed by atoms with Crippen molar-refractivity contribution in [3.63, 3.8) is 0 Å². The van der Waals surface area contributed by atoms with E-state index in [1.54, 1.807) is 0 Å². The molecule has 0 spiro atoms. The van der Waals surface area contributed by atoms with Crippen LogP contribution < -0.4 is 5.32 Å². The maximum atomic E-state index is 8.88. The van der Waals surface area contributed by atoms with Crippen molar-refractivity contribution in [2.24, 2.45) is 5.92 Å². The van der Waals surface area contributed by atoms with Gasteiger partial charge >= 0.3 is 0 Å². The van der Waals surface area contributed by atoms with Crippen LogP contribution in [0.25, 0.3) is 0 Å². The average Bonchev–Trinajstić information content (AvgIpc) is 2.56. The average molecular weight is 171 g/mol. The molecule has 0 saturated heterocycles. The molecular formula is C10H21NO. The molecule has 0 heterocycles. The molecule has 1 fully saturated rings. The summed E-state index contributed by atoms with van der Waals surface area (Å²) in [7, 11) is 0. The highest BCUT2D eigenvalue weighted by Crippen LogP contribution is 2.28. The molecular weight excluding hydrogens is 150 g/mol. The lowest BCUT2D eigenvalue weighted by atomic mass is 9.96. The molecule has 2 nitrogen and oxygen atoms in total. The molecule has 0 aromatic carbocycles. The fraction of sp³-hybridized carbons (Fsp3) is 1.00. The second-order valence-electron chi connectivity index (χ2n) is 3.72. The standard InChI is InChI=1S/C10H21NO/c1-2-11-10(7-8-12)9-5-3-4-6-9/h9-12H,2-8H2,1H3. The fourth-order valence-corrected chi connectivity index (χ4v) is 2.27. The van der Waals surface area contributed by atoms with Gasteiger partial charge in [0.25, 0.3) is 0 Å². The normalized spacial score (nSPS) is 21.5. The third-order valence-electron chi connectivity index (χ3n) is 2.88. The third-order valence-corrected chi connectivity index (χ3v) is 2.88. The van der Waals surface area contributed by atoms with Crippen molar-refractivity contribution in [1.82, 2.24) is 5.32 Å². The molecule has 0 radical (unpaired) electrons. The van der Waals surface area contributed by atoms with E-state index in [0.29, 0.717) is 12.6 Å². The molecule has 1 saturated carbocycles. The van der Waals surface area contributed by atoms with Crippen molar-refractivity contribution >= 4 is 0 Å². The summed E-state index contributed by atoms with van der Waals surface area (Å²) >= 11 is 0. The first-order valence-electron chi connectivity index (χ1n) is 5.22. The van der Waals surface area contributed by atoms with Crippen molar-refractivity contribution in [2.45, 2.75) is 45.1 Å². The lowest BCUT2D eigenvalue weighted by Gasteiger charge is -2.23. The monoisotopic (exact) mass is 171 g/mol. The quantitative estimate of drug-likeness (QED) is 0.657. The summed E-state index contributed by atoms with van der Waals surface area (Å²) in [6.07, 6.45) is 6.42. The highest BCUT2D eigenvalue weighted by Gasteiger charge is 2.23. The van der Waals surface area contributed by atoms with Crippen LogP contribution in [0, 0.1) is 5.92 Å². The van der Waals surface area contributed by atoms with E-state index in [1.165, 1.54) is 25.7 Å². The smallest absolute Gasteiger partial charge is 0.0445 e. The van der Waals surface area contributed by atoms with Gasteiger partial charge in [0.15, 0.2) is 0 Å². The van der Waals surface area contributed by atoms with Gasteiger partial charge in [-0.05, 0) is 31.7 Å². The minimum atomic E-state index is 0.328. The Balaban J connectivity index is 2.29. The Morgan fingerprint density at radius 3 is 2.58 bits per heavy atom. The third kappa shape index (κ3) is 2.76. The molecule has 1 atom stereocenters. The van der Waals surface area contributed by atoms with Crippen molar-refractivity contribution in [3.05, 3.63) is 0 Å². The highest BCUT2D eigenvalue weighted by atomic mass is 16.3. The van der Waals surface area contributed by atoms with Gasteiger partial charge < -0.3 is 10.4 Å². The summed E-state index contributed by atoms with van der Waals surface area (Å²) in [4.78, 5) is 0. The maximum Gasteiger partial charge on any atom is 0.0445 e. The molecule has 1 aliphatic rings. The van der Waals surface area contributed by atoms with Gasteiger partial charge in [-0.25, -0.2) is 0 Å². The first-order chi connectivity index (χ1) is 5.88. The van der Waals surface area contributed by atoms with Gasteiger partial charge in [-0.2, -0.15) is 0 Å². The molecule has 0 aromatic rings. The van der Waals surface area contributed by atoms with Crippen LogP contribution >= 0.6 is 0 Å². The van der Waals surface area contributed by atoms with Gasteiger partial charge in [0.2, 0.25) is 0 Å². The Labute approximate surface area is 75.4 Å². The number of hydrogen-bond acceptors (Lipinski definition) is 2. The summed E-state index contributed by atoms with van der Waals surface area (Å²) in [6, 6.07) is 0.572. The number of aliphatic hydroxyl groups is 1. The summed E-state index contributed by atoms with van der Waals surface area (Å²) in [5.41, 5.74) is 0. The van der Waals surface area contributed by atoms with Crippen LogP contribution in [0.3, 0.4) is 0 Å². The first kappa shape index (κ1) is 10.0. The minimum Gasteiger partial charge on any atom is -0.396 e. The predicted octanol–water partition coefficient (Wildman–Crippen LogP) is 1.54. The van der Waals surface area contributed by atoms with E-state index in [4.69, 9.17) is 5.11 Å². The van der Waals surface area contributed by atoms with Crippen molar-refractivity contribution in [2.75, 3.05) is 13.2 Å². The zero-order chi connectivity index (χ0) is 8.81. The van der Waals surface area contributed by atoms with Crippen LogP contribution in [-0.4, -0.2) is 24.3 Å². The van der Waals surface area contributed by atoms with Crippen LogP contribution in [-0.2, 0) is 0 Å². The van der Waals surface area contributed by atoms with E-state index in [0.717, 1.165) is 18.9 Å². The zero-order valence-corrected chi connectivity index (χ0v) is 8.05. The van der Waals surface area contributed by atoms with Gasteiger partial charge in [0.1, 0.15) is 0 Å². The van der Waals surface area contributed by atoms with E-state index in [1.807, 2.05) is 0 Å². The molecule has 0 aromatic heterocycles. The number of nitrogens with one attached hydrogen (secondary N) is 1. The SMILES string of the molecule is CCNC(CCO)C1CCCC1. The van der Waals surface area contributed by atoms with E-state index in [2.05, 4.69) is 12.2 Å². The van der Waals surface area contributed by atoms with E-state index < -0.39 is 0 Å². The Hall–Kier alpha value is -0.0800. The molecule has 1 aliphatic carbocycles. The summed E-state index contributed by atoms with van der Waals surface area (Å²) < 4.78 is 0. The Morgan fingerprint density at radius 2 is 2.08 bits per heavy atom. The molecule has 0 aliphatic heterocycles. The lowest BCUT2D eigenvalue weighted by Crippen LogP contribution is -2.35. The second kappa shape index (κ2) is 5.55. The highest BCUT2D eigenvalue weighted by molar-refractivity contribution is 4.79. The molecule has 2 N–H and O–H groups in total. The molecule has 0 amide bonds. The van der Waals surface area contributed by atoms with Crippen LogP contribution in [0.4, 0.5) is 0 Å². The van der Waals surface area contributed by atoms with Crippen molar-refractivity contribution in [1.29, 1.82) is 0 Å². The van der Waals surface area contributed by atoms with Gasteiger partial charge in [0.05, 0.1) is 0 Å². The van der Waals surface area contributed by atoms with Crippen LogP contribution in [0.5, 0.6) is 0 Å². The molecule has 72 valence electrons. The van der Waals surface area contributed by atoms with Crippen molar-refractivity contribution in [3.8, 4) is 0 Å². The van der Waals surface area contributed by atoms with Crippen LogP contribution in [0.15, 0.2) is 0 Å². The number of rotatable bonds is 5. The maximum absolute atomic E-state index is 8.88. The fourth-order valence-electron chi connectivity index (χ4n) is 2.27. The van der Waals surface area contributed by atoms with Gasteiger partial charge in [-0.15, -0.1) is 0 Å². The number of hydrogen-bond donors (Lipinski definition) is 2. The Bertz CT molecular complexity index is 104. The zero-order valence-electron chi connectivity index (χ0n) is 8.05. The van der Waals surface area contributed by atoms with E-state index in [-0.39, 0.29) is 0 Å². The predicted molar refractivity (Wildman–Crippen MR) is 51.1 cm³/mol. The van der Waals surface area contributed by atoms with Gasteiger partial charge in [-0.1, -0.05) is 19.8 Å². The topological polar surface area (TPSA) is 32.3 Å². The van der Waals surface area contributed by atoms with Crippen molar-refractivity contribution < 1.29 is 5.11 Å².